The van der Waals surface area contributed by atoms with Gasteiger partial charge in [-0.3, -0.25) is 0 Å². The first-order chi connectivity index (χ1) is 10.8. The van der Waals surface area contributed by atoms with Gasteiger partial charge in [0.1, 0.15) is 10.6 Å². The summed E-state index contributed by atoms with van der Waals surface area (Å²) in [6.45, 7) is 6.89. The predicted molar refractivity (Wildman–Crippen MR) is 84.6 cm³/mol. The summed E-state index contributed by atoms with van der Waals surface area (Å²) in [6, 6.07) is -0.275. The smallest absolute Gasteiger partial charge is 0.317 e. The van der Waals surface area contributed by atoms with E-state index in [9.17, 15) is 13.2 Å². The number of sulfonamides is 1. The van der Waals surface area contributed by atoms with E-state index < -0.39 is 10.0 Å². The molecule has 8 nitrogen and oxygen atoms in total. The molecule has 0 spiro atoms. The lowest BCUT2D eigenvalue weighted by Gasteiger charge is -2.32. The Morgan fingerprint density at radius 1 is 1.35 bits per heavy atom. The van der Waals surface area contributed by atoms with Crippen molar-refractivity contribution in [3.05, 3.63) is 11.5 Å². The molecule has 9 heteroatoms. The topological polar surface area (TPSA) is 105 Å². The minimum Gasteiger partial charge on any atom is -0.360 e. The monoisotopic (exact) mass is 344 g/mol. The van der Waals surface area contributed by atoms with Crippen LogP contribution < -0.4 is 10.0 Å². The minimum absolute atomic E-state index is 0.0844. The van der Waals surface area contributed by atoms with Gasteiger partial charge in [-0.1, -0.05) is 12.1 Å². The lowest BCUT2D eigenvalue weighted by molar-refractivity contribution is 0.180. The molecule has 1 aliphatic rings. The summed E-state index contributed by atoms with van der Waals surface area (Å²) < 4.78 is 32.5. The molecule has 0 bridgehead atoms. The van der Waals surface area contributed by atoms with Gasteiger partial charge in [0.25, 0.3) is 0 Å². The number of urea groups is 1. The molecule has 1 fully saturated rings. The second kappa shape index (κ2) is 7.31. The number of amides is 2. The molecule has 130 valence electrons. The maximum atomic E-state index is 12.5. The number of aryl methyl sites for hydroxylation is 2. The van der Waals surface area contributed by atoms with Gasteiger partial charge in [-0.15, -0.1) is 0 Å². The maximum absolute atomic E-state index is 12.5. The van der Waals surface area contributed by atoms with Crippen LogP contribution in [0.4, 0.5) is 4.79 Å². The zero-order valence-corrected chi connectivity index (χ0v) is 14.6. The van der Waals surface area contributed by atoms with Crippen LogP contribution in [0, 0.1) is 13.8 Å². The first kappa shape index (κ1) is 17.7. The molecule has 0 unspecified atom stereocenters. The number of nitrogens with one attached hydrogen (secondary N) is 2. The van der Waals surface area contributed by atoms with Crippen molar-refractivity contribution in [2.75, 3.05) is 19.6 Å². The molecule has 0 aliphatic carbocycles. The lowest BCUT2D eigenvalue weighted by Crippen LogP contribution is -2.49. The van der Waals surface area contributed by atoms with E-state index in [0.717, 1.165) is 6.42 Å². The number of likely N-dealkylation sites (tertiary alicyclic amines) is 1. The molecular weight excluding hydrogens is 320 g/mol. The van der Waals surface area contributed by atoms with Crippen molar-refractivity contribution < 1.29 is 17.7 Å². The largest absolute Gasteiger partial charge is 0.360 e. The number of carbonyl (C=O) groups excluding carboxylic acids is 1. The summed E-state index contributed by atoms with van der Waals surface area (Å²) >= 11 is 0. The molecule has 2 amide bonds. The standard InChI is InChI=1S/C14H24N4O4S/c1-4-7-15-14(19)18-8-5-12(6-9-18)17-23(20,21)13-10(2)16-22-11(13)3/h12,17H,4-9H2,1-3H3,(H,15,19). The van der Waals surface area contributed by atoms with Crippen LogP contribution in [-0.4, -0.2) is 50.2 Å². The van der Waals surface area contributed by atoms with Crippen LogP contribution in [0.1, 0.15) is 37.6 Å². The van der Waals surface area contributed by atoms with Crippen LogP contribution in [0.5, 0.6) is 0 Å². The number of aromatic nitrogens is 1. The molecule has 23 heavy (non-hydrogen) atoms. The van der Waals surface area contributed by atoms with E-state index in [-0.39, 0.29) is 22.7 Å². The summed E-state index contributed by atoms with van der Waals surface area (Å²) in [6.07, 6.45) is 2.06. The van der Waals surface area contributed by atoms with Crippen molar-refractivity contribution in [1.82, 2.24) is 20.1 Å². The van der Waals surface area contributed by atoms with E-state index in [4.69, 9.17) is 4.52 Å². The highest BCUT2D eigenvalue weighted by molar-refractivity contribution is 7.89. The molecule has 0 atom stereocenters. The van der Waals surface area contributed by atoms with E-state index >= 15 is 0 Å². The Kier molecular flexibility index (Phi) is 5.64. The molecule has 0 radical (unpaired) electrons. The summed E-state index contributed by atoms with van der Waals surface area (Å²) in [5.41, 5.74) is 0.353. The SMILES string of the molecule is CCCNC(=O)N1CCC(NS(=O)(=O)c2c(C)noc2C)CC1. The summed E-state index contributed by atoms with van der Waals surface area (Å²) in [7, 11) is -3.66. The second-order valence-electron chi connectivity index (χ2n) is 5.77. The summed E-state index contributed by atoms with van der Waals surface area (Å²) in [5, 5.41) is 6.51. The third-order valence-electron chi connectivity index (χ3n) is 3.87. The zero-order valence-electron chi connectivity index (χ0n) is 13.8. The third-order valence-corrected chi connectivity index (χ3v) is 5.63. The van der Waals surface area contributed by atoms with E-state index in [1.54, 1.807) is 18.7 Å². The number of nitrogens with zero attached hydrogens (tertiary/aromatic N) is 2. The van der Waals surface area contributed by atoms with Crippen LogP contribution in [0.2, 0.25) is 0 Å². The van der Waals surface area contributed by atoms with E-state index in [0.29, 0.717) is 38.2 Å². The third kappa shape index (κ3) is 4.23. The highest BCUT2D eigenvalue weighted by atomic mass is 32.2. The molecule has 1 aliphatic heterocycles. The molecule has 2 heterocycles. The van der Waals surface area contributed by atoms with E-state index in [1.165, 1.54) is 0 Å². The number of hydrogen-bond acceptors (Lipinski definition) is 5. The summed E-state index contributed by atoms with van der Waals surface area (Å²) in [4.78, 5) is 13.7. The van der Waals surface area contributed by atoms with Crippen molar-refractivity contribution in [3.8, 4) is 0 Å². The highest BCUT2D eigenvalue weighted by Gasteiger charge is 2.30. The lowest BCUT2D eigenvalue weighted by atomic mass is 10.1. The highest BCUT2D eigenvalue weighted by Crippen LogP contribution is 2.20. The maximum Gasteiger partial charge on any atom is 0.317 e. The van der Waals surface area contributed by atoms with Crippen molar-refractivity contribution in [2.45, 2.75) is 51.0 Å². The van der Waals surface area contributed by atoms with Crippen molar-refractivity contribution in [1.29, 1.82) is 0 Å². The molecule has 2 N–H and O–H groups in total. The Hall–Kier alpha value is -1.61. The predicted octanol–water partition coefficient (Wildman–Crippen LogP) is 1.15. The van der Waals surface area contributed by atoms with Gasteiger partial charge < -0.3 is 14.7 Å². The normalized spacial score (nSPS) is 16.6. The Bertz CT molecular complexity index is 628. The Balaban J connectivity index is 1.93. The number of carbonyl (C=O) groups is 1. The number of piperidine rings is 1. The quantitative estimate of drug-likeness (QED) is 0.834. The Labute approximate surface area is 136 Å². The van der Waals surface area contributed by atoms with Crippen LogP contribution in [0.3, 0.4) is 0 Å². The number of rotatable bonds is 5. The molecule has 1 saturated heterocycles. The molecule has 1 aromatic heterocycles. The fourth-order valence-corrected chi connectivity index (χ4v) is 4.32. The average molecular weight is 344 g/mol. The summed E-state index contributed by atoms with van der Waals surface area (Å²) in [5.74, 6) is 0.284. The first-order valence-electron chi connectivity index (χ1n) is 7.83. The van der Waals surface area contributed by atoms with Crippen molar-refractivity contribution in [3.63, 3.8) is 0 Å². The van der Waals surface area contributed by atoms with Crippen LogP contribution in [0.15, 0.2) is 9.42 Å². The zero-order chi connectivity index (χ0) is 17.0. The van der Waals surface area contributed by atoms with Crippen LogP contribution in [-0.2, 0) is 10.0 Å². The van der Waals surface area contributed by atoms with Crippen molar-refractivity contribution >= 4 is 16.1 Å². The van der Waals surface area contributed by atoms with Gasteiger partial charge in [0.15, 0.2) is 5.76 Å². The van der Waals surface area contributed by atoms with Gasteiger partial charge in [0, 0.05) is 25.7 Å². The Morgan fingerprint density at radius 3 is 2.52 bits per heavy atom. The van der Waals surface area contributed by atoms with Gasteiger partial charge in [0.2, 0.25) is 10.0 Å². The Morgan fingerprint density at radius 2 is 2.00 bits per heavy atom. The van der Waals surface area contributed by atoms with Crippen molar-refractivity contribution in [2.24, 2.45) is 0 Å². The fraction of sp³-hybridized carbons (Fsp3) is 0.714. The average Bonchev–Trinajstić information content (AvgIpc) is 2.85. The van der Waals surface area contributed by atoms with Gasteiger partial charge in [-0.25, -0.2) is 17.9 Å². The van der Waals surface area contributed by atoms with Gasteiger partial charge >= 0.3 is 6.03 Å². The van der Waals surface area contributed by atoms with Crippen LogP contribution in [0.25, 0.3) is 0 Å². The molecule has 0 saturated carbocycles. The van der Waals surface area contributed by atoms with Gasteiger partial charge in [0.05, 0.1) is 0 Å². The van der Waals surface area contributed by atoms with E-state index in [1.807, 2.05) is 6.92 Å². The molecule has 2 rings (SSSR count). The molecule has 0 aromatic carbocycles. The van der Waals surface area contributed by atoms with Crippen LogP contribution >= 0.6 is 0 Å². The molecule has 1 aromatic rings. The van der Waals surface area contributed by atoms with Gasteiger partial charge in [-0.2, -0.15) is 0 Å². The first-order valence-corrected chi connectivity index (χ1v) is 9.31. The second-order valence-corrected chi connectivity index (χ2v) is 7.42. The van der Waals surface area contributed by atoms with E-state index in [2.05, 4.69) is 15.2 Å². The minimum atomic E-state index is -3.66. The fourth-order valence-electron chi connectivity index (χ4n) is 2.68. The number of hydrogen-bond donors (Lipinski definition) is 2. The molecular formula is C14H24N4O4S. The van der Waals surface area contributed by atoms with Gasteiger partial charge in [-0.05, 0) is 33.1 Å².